The molecule has 0 spiro atoms. The smallest absolute Gasteiger partial charge is 0.258 e. The molecule has 11 N–H and O–H groups in total. The molecule has 0 fully saturated rings. The monoisotopic (exact) mass is 365 g/mol. The van der Waals surface area contributed by atoms with Crippen molar-refractivity contribution in [2.45, 2.75) is 12.8 Å². The molecule has 1 rings (SSSR count). The van der Waals surface area contributed by atoms with Crippen molar-refractivity contribution in [3.8, 4) is 0 Å². The Morgan fingerprint density at radius 3 is 1.88 bits per heavy atom. The molecule has 0 aromatic heterocycles. The van der Waals surface area contributed by atoms with Gasteiger partial charge < -0.3 is 43.5 Å². The number of rotatable bonds is 8. The zero-order valence-corrected chi connectivity index (χ0v) is 14.0. The Morgan fingerprint density at radius 2 is 1.38 bits per heavy atom. The summed E-state index contributed by atoms with van der Waals surface area (Å²) in [5.41, 5.74) is 23.6. The quantitative estimate of drug-likeness (QED) is 0.133. The Labute approximate surface area is 149 Å². The van der Waals surface area contributed by atoms with E-state index in [1.165, 1.54) is 0 Å². The van der Waals surface area contributed by atoms with Crippen LogP contribution in [0.1, 0.15) is 18.4 Å². The second kappa shape index (κ2) is 10.2. The fourth-order valence-electron chi connectivity index (χ4n) is 2.12. The predicted octanol–water partition coefficient (Wildman–Crippen LogP) is -0.825. The van der Waals surface area contributed by atoms with E-state index in [4.69, 9.17) is 38.6 Å². The minimum Gasteiger partial charge on any atom is -0.409 e. The van der Waals surface area contributed by atoms with Gasteiger partial charge in [-0.2, -0.15) is 4.99 Å². The number of amidine groups is 3. The summed E-state index contributed by atoms with van der Waals surface area (Å²) in [5, 5.41) is 34.7. The number of benzene rings is 1. The lowest BCUT2D eigenvalue weighted by Crippen LogP contribution is -2.33. The molecule has 0 radical (unpaired) electrons. The first-order valence-corrected chi connectivity index (χ1v) is 7.51. The summed E-state index contributed by atoms with van der Waals surface area (Å²) in [5.74, 6) is -0.255. The van der Waals surface area contributed by atoms with Crippen molar-refractivity contribution in [3.63, 3.8) is 0 Å². The third-order valence-electron chi connectivity index (χ3n) is 3.39. The molecule has 12 heteroatoms. The molecule has 0 aliphatic carbocycles. The average molecular weight is 365 g/mol. The molecule has 0 saturated heterocycles. The number of aliphatic imine (C=N–C) groups is 1. The lowest BCUT2D eigenvalue weighted by molar-refractivity contribution is 0.316. The van der Waals surface area contributed by atoms with Gasteiger partial charge in [-0.1, -0.05) is 22.4 Å². The van der Waals surface area contributed by atoms with Crippen LogP contribution in [0.2, 0.25) is 0 Å². The number of anilines is 1. The van der Waals surface area contributed by atoms with E-state index >= 15 is 0 Å². The maximum absolute atomic E-state index is 8.73. The van der Waals surface area contributed by atoms with Crippen LogP contribution in [0.25, 0.3) is 0 Å². The molecule has 0 atom stereocenters. The minimum absolute atomic E-state index is 0.0356. The Bertz CT molecular complexity index is 693. The van der Waals surface area contributed by atoms with Crippen molar-refractivity contribution in [1.29, 1.82) is 0 Å². The summed E-state index contributed by atoms with van der Waals surface area (Å²) in [7, 11) is 0. The van der Waals surface area contributed by atoms with Gasteiger partial charge in [0, 0.05) is 37.2 Å². The van der Waals surface area contributed by atoms with Crippen LogP contribution in [0.3, 0.4) is 0 Å². The van der Waals surface area contributed by atoms with E-state index < -0.39 is 5.96 Å². The highest BCUT2D eigenvalue weighted by Gasteiger charge is 2.15. The van der Waals surface area contributed by atoms with Gasteiger partial charge in [-0.25, -0.2) is 0 Å². The van der Waals surface area contributed by atoms with Gasteiger partial charge in [-0.3, -0.25) is 0 Å². The minimum atomic E-state index is -0.392. The Morgan fingerprint density at radius 1 is 0.846 bits per heavy atom. The molecule has 0 heterocycles. The van der Waals surface area contributed by atoms with Crippen LogP contribution in [-0.4, -0.2) is 52.2 Å². The summed E-state index contributed by atoms with van der Waals surface area (Å²) < 4.78 is 0. The van der Waals surface area contributed by atoms with Gasteiger partial charge in [0.05, 0.1) is 0 Å². The van der Waals surface area contributed by atoms with Gasteiger partial charge in [-0.15, -0.1) is 0 Å². The number of nitrogens with two attached hydrogens (primary N) is 4. The number of nitrogens with zero attached hydrogens (tertiary/aromatic N) is 5. The molecule has 0 amide bonds. The highest BCUT2D eigenvalue weighted by atomic mass is 16.4. The number of guanidine groups is 1. The van der Waals surface area contributed by atoms with Crippen molar-refractivity contribution < 1.29 is 15.6 Å². The summed E-state index contributed by atoms with van der Waals surface area (Å²) in [6.45, 7) is 0.727. The molecule has 1 aromatic carbocycles. The highest BCUT2D eigenvalue weighted by Crippen LogP contribution is 2.21. The van der Waals surface area contributed by atoms with E-state index in [1.807, 2.05) is 4.90 Å². The molecule has 1 aromatic rings. The van der Waals surface area contributed by atoms with Crippen molar-refractivity contribution in [2.24, 2.45) is 43.4 Å². The van der Waals surface area contributed by atoms with E-state index in [1.54, 1.807) is 24.3 Å². The second-order valence-electron chi connectivity index (χ2n) is 5.14. The highest BCUT2D eigenvalue weighted by molar-refractivity contribution is 6.07. The van der Waals surface area contributed by atoms with Crippen LogP contribution < -0.4 is 27.8 Å². The van der Waals surface area contributed by atoms with Gasteiger partial charge >= 0.3 is 0 Å². The lowest BCUT2D eigenvalue weighted by Gasteiger charge is -2.26. The summed E-state index contributed by atoms with van der Waals surface area (Å²) in [6.07, 6.45) is 0.524. The van der Waals surface area contributed by atoms with Crippen molar-refractivity contribution >= 4 is 29.2 Å². The molecule has 0 aliphatic rings. The SMILES string of the molecule is NC(CCN(CCC(N)=NO)c1ccccc1C(N)=N/C(N)=N/O)=NO. The number of hydrogen-bond acceptors (Lipinski definition) is 7. The lowest BCUT2D eigenvalue weighted by atomic mass is 10.1. The Kier molecular flexibility index (Phi) is 8.00. The Hall–Kier alpha value is -3.70. The zero-order chi connectivity index (χ0) is 19.5. The largest absolute Gasteiger partial charge is 0.409 e. The molecule has 0 aliphatic heterocycles. The summed E-state index contributed by atoms with van der Waals surface area (Å²) in [4.78, 5) is 5.65. The molecule has 26 heavy (non-hydrogen) atoms. The van der Waals surface area contributed by atoms with Crippen molar-refractivity contribution in [3.05, 3.63) is 29.8 Å². The first-order chi connectivity index (χ1) is 12.4. The normalized spacial score (nSPS) is 13.7. The van der Waals surface area contributed by atoms with Crippen LogP contribution in [0.4, 0.5) is 5.69 Å². The van der Waals surface area contributed by atoms with Gasteiger partial charge in [0.25, 0.3) is 5.96 Å². The predicted molar refractivity (Wildman–Crippen MR) is 98.8 cm³/mol. The van der Waals surface area contributed by atoms with Crippen LogP contribution in [0.15, 0.2) is 44.7 Å². The first-order valence-electron chi connectivity index (χ1n) is 7.51. The number of oxime groups is 3. The maximum atomic E-state index is 8.73. The van der Waals surface area contributed by atoms with Crippen LogP contribution in [-0.2, 0) is 0 Å². The third-order valence-corrected chi connectivity index (χ3v) is 3.39. The second-order valence-corrected chi connectivity index (χ2v) is 5.14. The van der Waals surface area contributed by atoms with Crippen molar-refractivity contribution in [2.75, 3.05) is 18.0 Å². The van der Waals surface area contributed by atoms with E-state index in [9.17, 15) is 0 Å². The van der Waals surface area contributed by atoms with Crippen LogP contribution in [0.5, 0.6) is 0 Å². The molecule has 142 valence electrons. The zero-order valence-electron chi connectivity index (χ0n) is 14.0. The standard InChI is InChI=1S/C14H23N9O3/c15-11(20-24)5-7-23(8-6-12(16)21-25)10-4-2-1-3-9(10)13(17)19-14(18)22-26/h1-4,24-26H,5-8H2,(H2,15,20)(H2,16,21)(H4,17,18,19,22). The first kappa shape index (κ1) is 20.3. The molecule has 0 unspecified atom stereocenters. The van der Waals surface area contributed by atoms with E-state index in [-0.39, 0.29) is 30.3 Å². The topological polar surface area (TPSA) is 217 Å². The van der Waals surface area contributed by atoms with Crippen LogP contribution in [0, 0.1) is 0 Å². The molecule has 12 nitrogen and oxygen atoms in total. The van der Waals surface area contributed by atoms with E-state index in [2.05, 4.69) is 20.5 Å². The van der Waals surface area contributed by atoms with Gasteiger partial charge in [-0.05, 0) is 17.3 Å². The molecular formula is C14H23N9O3. The van der Waals surface area contributed by atoms with Gasteiger partial charge in [0.2, 0.25) is 0 Å². The Balaban J connectivity index is 3.21. The molecule has 0 bridgehead atoms. The summed E-state index contributed by atoms with van der Waals surface area (Å²) in [6, 6.07) is 7.02. The number of hydrogen-bond donors (Lipinski definition) is 7. The average Bonchev–Trinajstić information content (AvgIpc) is 2.67. The summed E-state index contributed by atoms with van der Waals surface area (Å²) >= 11 is 0. The van der Waals surface area contributed by atoms with Crippen LogP contribution >= 0.6 is 0 Å². The van der Waals surface area contributed by atoms with Crippen molar-refractivity contribution in [1.82, 2.24) is 0 Å². The molecular weight excluding hydrogens is 342 g/mol. The van der Waals surface area contributed by atoms with Gasteiger partial charge in [0.15, 0.2) is 0 Å². The molecule has 0 saturated carbocycles. The van der Waals surface area contributed by atoms with E-state index in [0.717, 1.165) is 0 Å². The fraction of sp³-hybridized carbons (Fsp3) is 0.286. The van der Waals surface area contributed by atoms with Gasteiger partial charge in [0.1, 0.15) is 17.5 Å². The number of para-hydroxylation sites is 1. The van der Waals surface area contributed by atoms with E-state index in [0.29, 0.717) is 24.3 Å². The fourth-order valence-corrected chi connectivity index (χ4v) is 2.12. The third kappa shape index (κ3) is 6.07. The maximum Gasteiger partial charge on any atom is 0.258 e.